The van der Waals surface area contributed by atoms with Crippen LogP contribution in [0.3, 0.4) is 0 Å². The van der Waals surface area contributed by atoms with E-state index in [1.807, 2.05) is 35.4 Å². The number of fused-ring (bicyclic) bond motifs is 2. The molecule has 1 saturated heterocycles. The highest BCUT2D eigenvalue weighted by Crippen LogP contribution is 2.25. The van der Waals surface area contributed by atoms with E-state index in [0.717, 1.165) is 47.9 Å². The summed E-state index contributed by atoms with van der Waals surface area (Å²) in [7, 11) is 0. The lowest BCUT2D eigenvalue weighted by molar-refractivity contribution is 0.0704. The van der Waals surface area contributed by atoms with Crippen molar-refractivity contribution in [3.05, 3.63) is 47.6 Å². The zero-order valence-corrected chi connectivity index (χ0v) is 16.2. The van der Waals surface area contributed by atoms with Gasteiger partial charge in [-0.2, -0.15) is 0 Å². The molecule has 1 aliphatic rings. The van der Waals surface area contributed by atoms with E-state index in [9.17, 15) is 4.79 Å². The number of pyridine rings is 1. The lowest BCUT2D eigenvalue weighted by Crippen LogP contribution is -2.27. The molecule has 0 aromatic carbocycles. The molecule has 1 N–H and O–H groups in total. The number of carbonyl (C=O) groups is 1. The molecule has 9 heteroatoms. The van der Waals surface area contributed by atoms with E-state index in [1.165, 1.54) is 0 Å². The van der Waals surface area contributed by atoms with Gasteiger partial charge in [0.2, 0.25) is 0 Å². The molecule has 144 valence electrons. The van der Waals surface area contributed by atoms with Gasteiger partial charge >= 0.3 is 0 Å². The van der Waals surface area contributed by atoms with Gasteiger partial charge in [0.25, 0.3) is 5.91 Å². The van der Waals surface area contributed by atoms with Gasteiger partial charge in [0, 0.05) is 43.2 Å². The molecule has 0 spiro atoms. The normalized spacial score (nSPS) is 16.6. The van der Waals surface area contributed by atoms with Crippen LogP contribution < -0.4 is 5.32 Å². The van der Waals surface area contributed by atoms with Crippen LogP contribution in [0.15, 0.2) is 36.4 Å². The fourth-order valence-electron chi connectivity index (χ4n) is 3.58. The predicted molar refractivity (Wildman–Crippen MR) is 106 cm³/mol. The summed E-state index contributed by atoms with van der Waals surface area (Å²) in [5.41, 5.74) is 2.87. The Labute approximate surface area is 165 Å². The summed E-state index contributed by atoms with van der Waals surface area (Å²) < 4.78 is 9.49. The fraction of sp³-hybridized carbons (Fsp3) is 0.368. The summed E-state index contributed by atoms with van der Waals surface area (Å²) >= 11 is 1.57. The number of rotatable bonds is 4. The fourth-order valence-corrected chi connectivity index (χ4v) is 4.29. The second-order valence-electron chi connectivity index (χ2n) is 7.02. The van der Waals surface area contributed by atoms with E-state index < -0.39 is 0 Å². The number of hydrogen-bond donors (Lipinski definition) is 1. The van der Waals surface area contributed by atoms with Crippen LogP contribution in [0.5, 0.6) is 0 Å². The zero-order chi connectivity index (χ0) is 19.1. The third-order valence-corrected chi connectivity index (χ3v) is 5.93. The molecule has 1 unspecified atom stereocenters. The molecule has 4 aromatic rings. The van der Waals surface area contributed by atoms with Gasteiger partial charge in [0.15, 0.2) is 10.6 Å². The molecule has 1 amide bonds. The number of aromatic nitrogens is 5. The molecule has 1 aliphatic heterocycles. The minimum Gasteiger partial charge on any atom is -0.381 e. The topological polar surface area (TPSA) is 86.3 Å². The van der Waals surface area contributed by atoms with Crippen molar-refractivity contribution >= 4 is 33.4 Å². The monoisotopic (exact) mass is 396 g/mol. The van der Waals surface area contributed by atoms with Gasteiger partial charge in [-0.25, -0.2) is 15.0 Å². The Bertz CT molecular complexity index is 1110. The Morgan fingerprint density at radius 2 is 2.21 bits per heavy atom. The highest BCUT2D eigenvalue weighted by atomic mass is 32.1. The number of hydrogen-bond acceptors (Lipinski definition) is 6. The Morgan fingerprint density at radius 3 is 3.04 bits per heavy atom. The minimum absolute atomic E-state index is 0.182. The van der Waals surface area contributed by atoms with Crippen LogP contribution in [0, 0.1) is 0 Å². The van der Waals surface area contributed by atoms with Gasteiger partial charge in [-0.3, -0.25) is 9.20 Å². The van der Waals surface area contributed by atoms with Crippen molar-refractivity contribution in [2.45, 2.75) is 31.8 Å². The highest BCUT2D eigenvalue weighted by Gasteiger charge is 2.20. The van der Waals surface area contributed by atoms with E-state index >= 15 is 0 Å². The summed E-state index contributed by atoms with van der Waals surface area (Å²) in [4.78, 5) is 27.2. The summed E-state index contributed by atoms with van der Waals surface area (Å²) in [5.74, 6) is -0.182. The lowest BCUT2D eigenvalue weighted by atomic mass is 10.1. The van der Waals surface area contributed by atoms with Crippen molar-refractivity contribution in [1.82, 2.24) is 29.2 Å². The maximum atomic E-state index is 12.7. The largest absolute Gasteiger partial charge is 0.381 e. The van der Waals surface area contributed by atoms with Gasteiger partial charge in [-0.05, 0) is 25.8 Å². The average Bonchev–Trinajstić information content (AvgIpc) is 3.42. The second-order valence-corrected chi connectivity index (χ2v) is 7.89. The molecule has 0 aliphatic carbocycles. The maximum absolute atomic E-state index is 12.7. The first-order valence-corrected chi connectivity index (χ1v) is 10.2. The van der Waals surface area contributed by atoms with Crippen molar-refractivity contribution < 1.29 is 9.53 Å². The number of nitrogens with one attached hydrogen (secondary N) is 1. The minimum atomic E-state index is -0.199. The van der Waals surface area contributed by atoms with E-state index in [4.69, 9.17) is 4.74 Å². The quantitative estimate of drug-likeness (QED) is 0.573. The van der Waals surface area contributed by atoms with Crippen LogP contribution in [0.2, 0.25) is 0 Å². The van der Waals surface area contributed by atoms with Gasteiger partial charge < -0.3 is 14.6 Å². The number of carbonyl (C=O) groups excluding carboxylic acids is 1. The smallest absolute Gasteiger partial charge is 0.253 e. The summed E-state index contributed by atoms with van der Waals surface area (Å²) in [6, 6.07) is 1.95. The van der Waals surface area contributed by atoms with Gasteiger partial charge in [0.05, 0.1) is 23.6 Å². The van der Waals surface area contributed by atoms with Crippen LogP contribution in [0.25, 0.3) is 16.1 Å². The number of thiazole rings is 1. The number of imidazole rings is 2. The first kappa shape index (κ1) is 17.3. The molecule has 0 saturated carbocycles. The molecule has 28 heavy (non-hydrogen) atoms. The standard InChI is InChI=1S/C19H20N6O2S/c1-12(16-10-24-4-7-28-19(24)23-16)22-18(26)13-8-15-17(20-9-13)25(11-21-15)14-2-5-27-6-3-14/h4,7-12,14H,2-3,5-6H2,1H3,(H,22,26). The van der Waals surface area contributed by atoms with Crippen molar-refractivity contribution in [2.24, 2.45) is 0 Å². The van der Waals surface area contributed by atoms with E-state index in [2.05, 4.69) is 24.8 Å². The third-order valence-electron chi connectivity index (χ3n) is 5.16. The maximum Gasteiger partial charge on any atom is 0.253 e. The molecule has 1 atom stereocenters. The van der Waals surface area contributed by atoms with Gasteiger partial charge in [0.1, 0.15) is 5.52 Å². The molecule has 5 heterocycles. The Balaban J connectivity index is 1.35. The lowest BCUT2D eigenvalue weighted by Gasteiger charge is -2.23. The summed E-state index contributed by atoms with van der Waals surface area (Å²) in [5, 5.41) is 4.98. The molecular formula is C19H20N6O2S. The SMILES string of the molecule is CC(NC(=O)c1cnc2c(c1)ncn2C1CCOCC1)c1cn2ccsc2n1. The van der Waals surface area contributed by atoms with Gasteiger partial charge in [-0.1, -0.05) is 0 Å². The number of amides is 1. The summed E-state index contributed by atoms with van der Waals surface area (Å²) in [6.45, 7) is 3.44. The van der Waals surface area contributed by atoms with Crippen LogP contribution in [-0.4, -0.2) is 43.0 Å². The molecule has 0 bridgehead atoms. The van der Waals surface area contributed by atoms with E-state index in [-0.39, 0.29) is 11.9 Å². The van der Waals surface area contributed by atoms with Crippen molar-refractivity contribution in [3.8, 4) is 0 Å². The second kappa shape index (κ2) is 6.99. The van der Waals surface area contributed by atoms with Crippen molar-refractivity contribution in [1.29, 1.82) is 0 Å². The van der Waals surface area contributed by atoms with Crippen LogP contribution >= 0.6 is 11.3 Å². The number of ether oxygens (including phenoxy) is 1. The average molecular weight is 396 g/mol. The first-order valence-electron chi connectivity index (χ1n) is 9.32. The predicted octanol–water partition coefficient (Wildman–Crippen LogP) is 2.98. The van der Waals surface area contributed by atoms with Crippen molar-refractivity contribution in [2.75, 3.05) is 13.2 Å². The molecule has 0 radical (unpaired) electrons. The van der Waals surface area contributed by atoms with Gasteiger partial charge in [-0.15, -0.1) is 11.3 Å². The summed E-state index contributed by atoms with van der Waals surface area (Å²) in [6.07, 6.45) is 9.23. The van der Waals surface area contributed by atoms with E-state index in [1.54, 1.807) is 23.6 Å². The van der Waals surface area contributed by atoms with Crippen molar-refractivity contribution in [3.63, 3.8) is 0 Å². The third kappa shape index (κ3) is 3.06. The molecule has 1 fully saturated rings. The first-order chi connectivity index (χ1) is 13.7. The molecule has 4 aromatic heterocycles. The van der Waals surface area contributed by atoms with E-state index in [0.29, 0.717) is 11.6 Å². The van der Waals surface area contributed by atoms with Crippen LogP contribution in [-0.2, 0) is 4.74 Å². The zero-order valence-electron chi connectivity index (χ0n) is 15.4. The van der Waals surface area contributed by atoms with Crippen LogP contribution in [0.1, 0.15) is 47.9 Å². The number of nitrogens with zero attached hydrogens (tertiary/aromatic N) is 5. The molecule has 5 rings (SSSR count). The Morgan fingerprint density at radius 1 is 1.36 bits per heavy atom. The molecular weight excluding hydrogens is 376 g/mol. The van der Waals surface area contributed by atoms with Crippen LogP contribution in [0.4, 0.5) is 0 Å². The Kier molecular flexibility index (Phi) is 4.33. The Hall–Kier alpha value is -2.78. The molecule has 8 nitrogen and oxygen atoms in total. The highest BCUT2D eigenvalue weighted by molar-refractivity contribution is 7.15.